The molecule has 0 fully saturated rings. The van der Waals surface area contributed by atoms with Crippen LogP contribution in [0.4, 0.5) is 5.00 Å². The van der Waals surface area contributed by atoms with Crippen LogP contribution in [0.1, 0.15) is 56.5 Å². The number of fused-ring (bicyclic) bond motifs is 3. The van der Waals surface area contributed by atoms with Crippen molar-refractivity contribution in [3.05, 3.63) is 80.2 Å². The molecule has 3 N–H and O–H groups in total. The standard InChI is InChI=1S/C23H21ClN2O2S/c24-17-7-3-1-5-14(17)11-13-9-10-18(27)16(12-13)21-25-22(28)20-15-6-2-4-8-19(15)29-23(20)26-21/h1,3,5,7,9-10,12,21,26-27H,2,4,6,8,11H2,(H,25,28). The molecule has 2 aromatic carbocycles. The summed E-state index contributed by atoms with van der Waals surface area (Å²) in [6.45, 7) is 0. The molecule has 0 saturated heterocycles. The van der Waals surface area contributed by atoms with Crippen LogP contribution >= 0.6 is 22.9 Å². The van der Waals surface area contributed by atoms with E-state index in [9.17, 15) is 9.90 Å². The molecule has 5 rings (SSSR count). The number of amides is 1. The Morgan fingerprint density at radius 2 is 1.93 bits per heavy atom. The van der Waals surface area contributed by atoms with E-state index < -0.39 is 6.17 Å². The van der Waals surface area contributed by atoms with Crippen LogP contribution in [0.3, 0.4) is 0 Å². The lowest BCUT2D eigenvalue weighted by molar-refractivity contribution is 0.0935. The van der Waals surface area contributed by atoms with Gasteiger partial charge in [0, 0.05) is 15.5 Å². The molecule has 0 saturated carbocycles. The Kier molecular flexibility index (Phi) is 4.72. The van der Waals surface area contributed by atoms with Gasteiger partial charge in [0.25, 0.3) is 5.91 Å². The number of halogens is 1. The van der Waals surface area contributed by atoms with Gasteiger partial charge in [0.2, 0.25) is 0 Å². The van der Waals surface area contributed by atoms with Gasteiger partial charge in [0.15, 0.2) is 0 Å². The summed E-state index contributed by atoms with van der Waals surface area (Å²) in [4.78, 5) is 14.2. The van der Waals surface area contributed by atoms with Crippen molar-refractivity contribution >= 4 is 33.8 Å². The summed E-state index contributed by atoms with van der Waals surface area (Å²) in [5, 5.41) is 18.6. The van der Waals surface area contributed by atoms with E-state index in [1.807, 2.05) is 36.4 Å². The molecule has 148 valence electrons. The van der Waals surface area contributed by atoms with Crippen LogP contribution in [0.5, 0.6) is 5.75 Å². The number of phenols is 1. The zero-order chi connectivity index (χ0) is 20.0. The van der Waals surface area contributed by atoms with Gasteiger partial charge in [-0.15, -0.1) is 11.3 Å². The lowest BCUT2D eigenvalue weighted by Gasteiger charge is -2.27. The first-order valence-corrected chi connectivity index (χ1v) is 11.1. The van der Waals surface area contributed by atoms with Gasteiger partial charge in [-0.05, 0) is 67.0 Å². The zero-order valence-electron chi connectivity index (χ0n) is 15.8. The highest BCUT2D eigenvalue weighted by Crippen LogP contribution is 2.42. The van der Waals surface area contributed by atoms with Gasteiger partial charge in [0.1, 0.15) is 16.9 Å². The van der Waals surface area contributed by atoms with E-state index in [0.717, 1.165) is 46.0 Å². The third-order valence-electron chi connectivity index (χ3n) is 5.70. The topological polar surface area (TPSA) is 61.4 Å². The lowest BCUT2D eigenvalue weighted by atomic mass is 9.94. The van der Waals surface area contributed by atoms with Crippen LogP contribution in [-0.4, -0.2) is 11.0 Å². The molecule has 1 aromatic heterocycles. The van der Waals surface area contributed by atoms with Gasteiger partial charge in [-0.2, -0.15) is 0 Å². The van der Waals surface area contributed by atoms with E-state index >= 15 is 0 Å². The second-order valence-corrected chi connectivity index (χ2v) is 9.14. The molecular formula is C23H21ClN2O2S. The molecule has 29 heavy (non-hydrogen) atoms. The molecule has 2 aliphatic rings. The first kappa shape index (κ1) is 18.5. The number of aromatic hydroxyl groups is 1. The van der Waals surface area contributed by atoms with Crippen LogP contribution in [0.2, 0.25) is 5.02 Å². The average Bonchev–Trinajstić information content (AvgIpc) is 3.10. The second-order valence-electron chi connectivity index (χ2n) is 7.63. The number of rotatable bonds is 3. The van der Waals surface area contributed by atoms with Crippen molar-refractivity contribution in [1.82, 2.24) is 5.32 Å². The van der Waals surface area contributed by atoms with Crippen LogP contribution in [0.15, 0.2) is 42.5 Å². The Labute approximate surface area is 178 Å². The number of anilines is 1. The Morgan fingerprint density at radius 1 is 1.10 bits per heavy atom. The summed E-state index contributed by atoms with van der Waals surface area (Å²) in [5.41, 5.74) is 4.72. The predicted molar refractivity (Wildman–Crippen MR) is 117 cm³/mol. The first-order valence-electron chi connectivity index (χ1n) is 9.87. The van der Waals surface area contributed by atoms with Crippen molar-refractivity contribution < 1.29 is 9.90 Å². The smallest absolute Gasteiger partial charge is 0.256 e. The summed E-state index contributed by atoms with van der Waals surface area (Å²) >= 11 is 7.99. The van der Waals surface area contributed by atoms with Crippen LogP contribution in [0, 0.1) is 0 Å². The normalized spacial score (nSPS) is 17.8. The minimum absolute atomic E-state index is 0.0564. The maximum Gasteiger partial charge on any atom is 0.256 e. The molecule has 0 spiro atoms. The van der Waals surface area contributed by atoms with E-state index in [1.165, 1.54) is 16.9 Å². The Balaban J connectivity index is 1.46. The summed E-state index contributed by atoms with van der Waals surface area (Å²) in [5.74, 6) is 0.106. The van der Waals surface area contributed by atoms with Gasteiger partial charge in [-0.25, -0.2) is 0 Å². The minimum atomic E-state index is -0.457. The number of aryl methyl sites for hydroxylation is 1. The summed E-state index contributed by atoms with van der Waals surface area (Å²) < 4.78 is 0. The number of benzene rings is 2. The number of phenolic OH excluding ortho intramolecular Hbond substituents is 1. The molecule has 1 atom stereocenters. The maximum absolute atomic E-state index is 12.9. The van der Waals surface area contributed by atoms with Crippen LogP contribution in [-0.2, 0) is 19.3 Å². The monoisotopic (exact) mass is 424 g/mol. The van der Waals surface area contributed by atoms with Gasteiger partial charge < -0.3 is 15.7 Å². The van der Waals surface area contributed by atoms with Crippen molar-refractivity contribution in [1.29, 1.82) is 0 Å². The third kappa shape index (κ3) is 3.38. The highest BCUT2D eigenvalue weighted by atomic mass is 35.5. The molecule has 4 nitrogen and oxygen atoms in total. The summed E-state index contributed by atoms with van der Waals surface area (Å²) in [6.07, 6.45) is 4.54. The molecule has 2 heterocycles. The molecule has 0 bridgehead atoms. The van der Waals surface area contributed by atoms with E-state index in [1.54, 1.807) is 17.4 Å². The zero-order valence-corrected chi connectivity index (χ0v) is 17.4. The first-order chi connectivity index (χ1) is 14.1. The van der Waals surface area contributed by atoms with Gasteiger partial charge in [-0.3, -0.25) is 4.79 Å². The molecule has 1 amide bonds. The number of carbonyl (C=O) groups is 1. The van der Waals surface area contributed by atoms with Crippen molar-refractivity contribution in [3.63, 3.8) is 0 Å². The Morgan fingerprint density at radius 3 is 2.79 bits per heavy atom. The number of carbonyl (C=O) groups excluding carboxylic acids is 1. The number of nitrogens with one attached hydrogen (secondary N) is 2. The highest BCUT2D eigenvalue weighted by Gasteiger charge is 2.32. The number of hydrogen-bond acceptors (Lipinski definition) is 4. The molecule has 1 aliphatic carbocycles. The predicted octanol–water partition coefficient (Wildman–Crippen LogP) is 5.43. The minimum Gasteiger partial charge on any atom is -0.508 e. The van der Waals surface area contributed by atoms with Crippen molar-refractivity contribution in [3.8, 4) is 5.75 Å². The van der Waals surface area contributed by atoms with Crippen molar-refractivity contribution in [2.24, 2.45) is 0 Å². The van der Waals surface area contributed by atoms with Crippen LogP contribution in [0.25, 0.3) is 0 Å². The number of hydrogen-bond donors (Lipinski definition) is 3. The molecule has 1 aliphatic heterocycles. The quantitative estimate of drug-likeness (QED) is 0.525. The van der Waals surface area contributed by atoms with Gasteiger partial charge in [0.05, 0.1) is 5.56 Å². The summed E-state index contributed by atoms with van der Waals surface area (Å²) in [6, 6.07) is 13.3. The van der Waals surface area contributed by atoms with Crippen molar-refractivity contribution in [2.75, 3.05) is 5.32 Å². The summed E-state index contributed by atoms with van der Waals surface area (Å²) in [7, 11) is 0. The van der Waals surface area contributed by atoms with E-state index in [-0.39, 0.29) is 11.7 Å². The molecule has 3 aromatic rings. The van der Waals surface area contributed by atoms with Gasteiger partial charge >= 0.3 is 0 Å². The number of thiophene rings is 1. The molecule has 6 heteroatoms. The average molecular weight is 425 g/mol. The van der Waals surface area contributed by atoms with E-state index in [0.29, 0.717) is 12.0 Å². The fraction of sp³-hybridized carbons (Fsp3) is 0.261. The third-order valence-corrected chi connectivity index (χ3v) is 7.30. The highest BCUT2D eigenvalue weighted by molar-refractivity contribution is 7.16. The van der Waals surface area contributed by atoms with Crippen molar-refractivity contribution in [2.45, 2.75) is 38.3 Å². The van der Waals surface area contributed by atoms with Crippen LogP contribution < -0.4 is 10.6 Å². The fourth-order valence-electron chi connectivity index (χ4n) is 4.24. The van der Waals surface area contributed by atoms with E-state index in [2.05, 4.69) is 10.6 Å². The lowest BCUT2D eigenvalue weighted by Crippen LogP contribution is -2.38. The van der Waals surface area contributed by atoms with Gasteiger partial charge in [-0.1, -0.05) is 35.9 Å². The Hall–Kier alpha value is -2.50. The largest absolute Gasteiger partial charge is 0.508 e. The maximum atomic E-state index is 12.9. The molecule has 1 unspecified atom stereocenters. The Bertz CT molecular complexity index is 1110. The fourth-order valence-corrected chi connectivity index (χ4v) is 5.76. The SMILES string of the molecule is O=C1NC(c2cc(Cc3ccccc3Cl)ccc2O)Nc2sc3c(c21)CCCC3. The molecule has 0 radical (unpaired) electrons. The van der Waals surface area contributed by atoms with E-state index in [4.69, 9.17) is 11.6 Å². The molecular weight excluding hydrogens is 404 g/mol. The second kappa shape index (κ2) is 7.39.